The van der Waals surface area contributed by atoms with Gasteiger partial charge in [0.15, 0.2) is 0 Å². The maximum absolute atomic E-state index is 11.0. The lowest BCUT2D eigenvalue weighted by Gasteiger charge is -2.03. The maximum Gasteiger partial charge on any atom is 0.262 e. The average Bonchev–Trinajstić information content (AvgIpc) is 2.07. The lowest BCUT2D eigenvalue weighted by Crippen LogP contribution is -1.97. The highest BCUT2D eigenvalue weighted by molar-refractivity contribution is 14.1. The van der Waals surface area contributed by atoms with Gasteiger partial charge in [-0.3, -0.25) is 0 Å². The number of benzene rings is 1. The Bertz CT molecular complexity index is 521. The molecule has 1 aromatic carbocycles. The van der Waals surface area contributed by atoms with Crippen molar-refractivity contribution in [1.29, 1.82) is 5.26 Å². The Hall–Kier alpha value is -0.0300. The van der Waals surface area contributed by atoms with Gasteiger partial charge in [-0.1, -0.05) is 11.6 Å². The fraction of sp³-hybridized carbons (Fsp3) is 0. The molecule has 0 aromatic heterocycles. The molecule has 0 aliphatic rings. The molecular weight excluding hydrogens is 360 g/mol. The summed E-state index contributed by atoms with van der Waals surface area (Å²) in [5.74, 6) is 0. The SMILES string of the molecule is N#Cc1c(S(=O)(=O)Cl)ccc(Cl)c1I. The monoisotopic (exact) mass is 361 g/mol. The summed E-state index contributed by atoms with van der Waals surface area (Å²) < 4.78 is 22.5. The molecule has 74 valence electrons. The minimum atomic E-state index is -3.90. The van der Waals surface area contributed by atoms with Gasteiger partial charge in [0.1, 0.15) is 11.0 Å². The van der Waals surface area contributed by atoms with Crippen LogP contribution in [0.5, 0.6) is 0 Å². The Morgan fingerprint density at radius 3 is 2.43 bits per heavy atom. The molecule has 0 heterocycles. The van der Waals surface area contributed by atoms with Gasteiger partial charge >= 0.3 is 0 Å². The number of hydrogen-bond donors (Lipinski definition) is 0. The Kier molecular flexibility index (Phi) is 3.63. The van der Waals surface area contributed by atoms with Crippen molar-refractivity contribution in [1.82, 2.24) is 0 Å². The Labute approximate surface area is 104 Å². The third kappa shape index (κ3) is 2.31. The molecule has 0 saturated heterocycles. The van der Waals surface area contributed by atoms with Crippen LogP contribution in [0.1, 0.15) is 5.56 Å². The quantitative estimate of drug-likeness (QED) is 0.570. The fourth-order valence-electron chi connectivity index (χ4n) is 0.840. The van der Waals surface area contributed by atoms with Crippen molar-refractivity contribution in [2.45, 2.75) is 4.90 Å². The summed E-state index contributed by atoms with van der Waals surface area (Å²) in [5, 5.41) is 9.08. The van der Waals surface area contributed by atoms with Crippen LogP contribution in [0.15, 0.2) is 17.0 Å². The minimum Gasteiger partial charge on any atom is -0.207 e. The van der Waals surface area contributed by atoms with Crippen LogP contribution < -0.4 is 0 Å². The fourth-order valence-corrected chi connectivity index (χ4v) is 2.78. The van der Waals surface area contributed by atoms with Crippen LogP contribution in [-0.2, 0) is 9.05 Å². The van der Waals surface area contributed by atoms with Crippen molar-refractivity contribution < 1.29 is 8.42 Å². The highest BCUT2D eigenvalue weighted by atomic mass is 127. The number of nitrogens with zero attached hydrogens (tertiary/aromatic N) is 1. The molecule has 3 nitrogen and oxygen atoms in total. The largest absolute Gasteiger partial charge is 0.262 e. The second-order valence-electron chi connectivity index (χ2n) is 2.28. The van der Waals surface area contributed by atoms with E-state index in [1.165, 1.54) is 12.1 Å². The molecule has 1 aromatic rings. The van der Waals surface area contributed by atoms with Crippen LogP contribution >= 0.6 is 44.9 Å². The Morgan fingerprint density at radius 1 is 1.43 bits per heavy atom. The summed E-state index contributed by atoms with van der Waals surface area (Å²) in [7, 11) is 1.24. The first-order chi connectivity index (χ1) is 6.38. The number of halogens is 3. The van der Waals surface area contributed by atoms with Crippen molar-refractivity contribution in [3.05, 3.63) is 26.3 Å². The van der Waals surface area contributed by atoms with Crippen molar-refractivity contribution in [3.63, 3.8) is 0 Å². The summed E-state index contributed by atoms with van der Waals surface area (Å²) in [5.41, 5.74) is -0.0203. The van der Waals surface area contributed by atoms with E-state index in [4.69, 9.17) is 27.5 Å². The van der Waals surface area contributed by atoms with Gasteiger partial charge in [-0.25, -0.2) is 8.42 Å². The zero-order valence-corrected chi connectivity index (χ0v) is 10.9. The van der Waals surface area contributed by atoms with Crippen LogP contribution in [0.2, 0.25) is 5.02 Å². The zero-order chi connectivity index (χ0) is 10.9. The van der Waals surface area contributed by atoms with Gasteiger partial charge in [-0.15, -0.1) is 0 Å². The molecule has 0 saturated carbocycles. The van der Waals surface area contributed by atoms with Crippen LogP contribution in [0, 0.1) is 14.9 Å². The van der Waals surface area contributed by atoms with E-state index in [1.54, 1.807) is 28.7 Å². The van der Waals surface area contributed by atoms with Gasteiger partial charge in [-0.05, 0) is 34.7 Å². The van der Waals surface area contributed by atoms with E-state index >= 15 is 0 Å². The van der Waals surface area contributed by atoms with Gasteiger partial charge in [0.25, 0.3) is 9.05 Å². The molecule has 0 bridgehead atoms. The molecule has 0 radical (unpaired) electrons. The van der Waals surface area contributed by atoms with Crippen molar-refractivity contribution >= 4 is 53.9 Å². The second kappa shape index (κ2) is 4.23. The van der Waals surface area contributed by atoms with E-state index in [2.05, 4.69) is 0 Å². The van der Waals surface area contributed by atoms with Crippen molar-refractivity contribution in [3.8, 4) is 6.07 Å². The summed E-state index contributed by atoms with van der Waals surface area (Å²) in [6, 6.07) is 4.36. The molecule has 7 heteroatoms. The Balaban J connectivity index is 3.66. The first-order valence-electron chi connectivity index (χ1n) is 3.20. The van der Waals surface area contributed by atoms with Crippen LogP contribution in [0.3, 0.4) is 0 Å². The second-order valence-corrected chi connectivity index (χ2v) is 6.30. The van der Waals surface area contributed by atoms with Gasteiger partial charge in [0.05, 0.1) is 14.2 Å². The van der Waals surface area contributed by atoms with Gasteiger partial charge in [0.2, 0.25) is 0 Å². The zero-order valence-electron chi connectivity index (χ0n) is 6.46. The summed E-state index contributed by atoms with van der Waals surface area (Å²) in [6.45, 7) is 0. The molecule has 0 spiro atoms. The summed E-state index contributed by atoms with van der Waals surface area (Å²) >= 11 is 7.51. The summed E-state index contributed by atoms with van der Waals surface area (Å²) in [6.07, 6.45) is 0. The molecule has 1 rings (SSSR count). The third-order valence-electron chi connectivity index (χ3n) is 1.43. The van der Waals surface area contributed by atoms with E-state index in [0.717, 1.165) is 0 Å². The predicted molar refractivity (Wildman–Crippen MR) is 61.9 cm³/mol. The van der Waals surface area contributed by atoms with Crippen LogP contribution in [0.25, 0.3) is 0 Å². The van der Waals surface area contributed by atoms with E-state index in [9.17, 15) is 8.42 Å². The number of nitriles is 1. The molecule has 0 atom stereocenters. The van der Waals surface area contributed by atoms with E-state index in [0.29, 0.717) is 8.59 Å². The molecule has 0 aliphatic heterocycles. The highest BCUT2D eigenvalue weighted by Gasteiger charge is 2.19. The van der Waals surface area contributed by atoms with Crippen LogP contribution in [-0.4, -0.2) is 8.42 Å². The lowest BCUT2D eigenvalue weighted by molar-refractivity contribution is 0.609. The van der Waals surface area contributed by atoms with Crippen molar-refractivity contribution in [2.24, 2.45) is 0 Å². The molecule has 14 heavy (non-hydrogen) atoms. The molecule has 0 amide bonds. The van der Waals surface area contributed by atoms with Gasteiger partial charge in [-0.2, -0.15) is 5.26 Å². The highest BCUT2D eigenvalue weighted by Crippen LogP contribution is 2.29. The number of rotatable bonds is 1. The molecule has 0 fully saturated rings. The smallest absolute Gasteiger partial charge is 0.207 e. The average molecular weight is 362 g/mol. The normalized spacial score (nSPS) is 11.0. The van der Waals surface area contributed by atoms with E-state index < -0.39 is 9.05 Å². The molecule has 0 unspecified atom stereocenters. The van der Waals surface area contributed by atoms with Gasteiger partial charge < -0.3 is 0 Å². The van der Waals surface area contributed by atoms with Gasteiger partial charge in [0, 0.05) is 10.7 Å². The van der Waals surface area contributed by atoms with Crippen LogP contribution in [0.4, 0.5) is 0 Å². The molecule has 0 N–H and O–H groups in total. The first-order valence-corrected chi connectivity index (χ1v) is 6.97. The van der Waals surface area contributed by atoms with E-state index in [1.807, 2.05) is 0 Å². The van der Waals surface area contributed by atoms with E-state index in [-0.39, 0.29) is 10.5 Å². The standard InChI is InChI=1S/C7H2Cl2INO2S/c8-5-1-2-6(14(9,12)13)4(3-11)7(5)10/h1-2H. The first kappa shape index (κ1) is 12.0. The topological polar surface area (TPSA) is 57.9 Å². The molecular formula is C7H2Cl2INO2S. The Morgan fingerprint density at radius 2 is 2.00 bits per heavy atom. The van der Waals surface area contributed by atoms with Crippen molar-refractivity contribution in [2.75, 3.05) is 0 Å². The maximum atomic E-state index is 11.0. The minimum absolute atomic E-state index is 0.0203. The third-order valence-corrected chi connectivity index (χ3v) is 4.55. The summed E-state index contributed by atoms with van der Waals surface area (Å²) in [4.78, 5) is -0.213. The lowest BCUT2D eigenvalue weighted by atomic mass is 10.2. The molecule has 0 aliphatic carbocycles. The number of hydrogen-bond acceptors (Lipinski definition) is 3. The predicted octanol–water partition coefficient (Wildman–Crippen LogP) is 2.74.